The lowest BCUT2D eigenvalue weighted by molar-refractivity contribution is -0.384. The average Bonchev–Trinajstić information content (AvgIpc) is 2.68. The van der Waals surface area contributed by atoms with E-state index >= 15 is 0 Å². The largest absolute Gasteiger partial charge is 0.451 e. The molecule has 0 aromatic heterocycles. The maximum Gasteiger partial charge on any atom is 0.326 e. The van der Waals surface area contributed by atoms with Crippen LogP contribution in [-0.4, -0.2) is 35.4 Å². The quantitative estimate of drug-likeness (QED) is 0.386. The highest BCUT2D eigenvalue weighted by Crippen LogP contribution is 2.25. The van der Waals surface area contributed by atoms with E-state index in [2.05, 4.69) is 10.6 Å². The molecule has 0 aliphatic heterocycles. The molecular weight excluding hydrogens is 428 g/mol. The van der Waals surface area contributed by atoms with Crippen LogP contribution in [-0.2, 0) is 14.3 Å². The summed E-state index contributed by atoms with van der Waals surface area (Å²) in [5.41, 5.74) is -1.03. The number of halogens is 3. The molecule has 158 valence electrons. The van der Waals surface area contributed by atoms with Crippen LogP contribution in [0.4, 0.5) is 20.2 Å². The predicted octanol–water partition coefficient (Wildman–Crippen LogP) is 2.83. The molecule has 12 heteroatoms. The smallest absolute Gasteiger partial charge is 0.326 e. The van der Waals surface area contributed by atoms with Crippen molar-refractivity contribution in [2.75, 3.05) is 11.9 Å². The first-order valence-corrected chi connectivity index (χ1v) is 8.64. The predicted molar refractivity (Wildman–Crippen MR) is 101 cm³/mol. The summed E-state index contributed by atoms with van der Waals surface area (Å²) >= 11 is 5.66. The molecule has 0 spiro atoms. The number of benzene rings is 2. The molecule has 2 rings (SSSR count). The van der Waals surface area contributed by atoms with Gasteiger partial charge in [-0.25, -0.2) is 8.78 Å². The second kappa shape index (κ2) is 9.74. The number of carbonyl (C=O) groups excluding carboxylic acids is 3. The summed E-state index contributed by atoms with van der Waals surface area (Å²) in [5.74, 6) is -4.40. The van der Waals surface area contributed by atoms with Gasteiger partial charge in [0.15, 0.2) is 6.10 Å². The molecule has 0 saturated heterocycles. The Kier molecular flexibility index (Phi) is 7.37. The molecule has 0 bridgehead atoms. The number of esters is 1. The summed E-state index contributed by atoms with van der Waals surface area (Å²) in [6, 6.07) is 5.76. The number of rotatable bonds is 7. The summed E-state index contributed by atoms with van der Waals surface area (Å²) in [4.78, 5) is 45.9. The van der Waals surface area contributed by atoms with Crippen LogP contribution in [0, 0.1) is 21.7 Å². The van der Waals surface area contributed by atoms with Gasteiger partial charge in [-0.05, 0) is 31.2 Å². The van der Waals surface area contributed by atoms with E-state index in [1.165, 1.54) is 13.0 Å². The highest BCUT2D eigenvalue weighted by molar-refractivity contribution is 6.32. The van der Waals surface area contributed by atoms with Crippen LogP contribution in [0.25, 0.3) is 0 Å². The summed E-state index contributed by atoms with van der Waals surface area (Å²) < 4.78 is 31.5. The number of amides is 2. The minimum atomic E-state index is -1.38. The Morgan fingerprint density at radius 1 is 1.20 bits per heavy atom. The summed E-state index contributed by atoms with van der Waals surface area (Å²) in [6.07, 6.45) is -1.38. The highest BCUT2D eigenvalue weighted by Gasteiger charge is 2.21. The van der Waals surface area contributed by atoms with E-state index in [-0.39, 0.29) is 10.6 Å². The molecule has 0 aliphatic rings. The molecule has 1 atom stereocenters. The van der Waals surface area contributed by atoms with Crippen LogP contribution in [0.2, 0.25) is 5.02 Å². The number of nitro benzene ring substituents is 1. The fraction of sp³-hybridized carbons (Fsp3) is 0.167. The highest BCUT2D eigenvalue weighted by atomic mass is 35.5. The Labute approximate surface area is 173 Å². The van der Waals surface area contributed by atoms with Crippen LogP contribution < -0.4 is 10.6 Å². The lowest BCUT2D eigenvalue weighted by Crippen LogP contribution is -2.36. The first kappa shape index (κ1) is 22.7. The number of hydrogen-bond donors (Lipinski definition) is 2. The number of nitrogens with zero attached hydrogens (tertiary/aromatic N) is 1. The van der Waals surface area contributed by atoms with Gasteiger partial charge < -0.3 is 15.4 Å². The van der Waals surface area contributed by atoms with Gasteiger partial charge in [-0.15, -0.1) is 0 Å². The minimum Gasteiger partial charge on any atom is -0.451 e. The lowest BCUT2D eigenvalue weighted by atomic mass is 10.2. The second-order valence-electron chi connectivity index (χ2n) is 5.85. The molecule has 2 aromatic carbocycles. The van der Waals surface area contributed by atoms with Crippen LogP contribution in [0.5, 0.6) is 0 Å². The molecule has 0 saturated carbocycles. The number of ether oxygens (including phenoxy) is 1. The van der Waals surface area contributed by atoms with Gasteiger partial charge in [0.25, 0.3) is 17.5 Å². The van der Waals surface area contributed by atoms with Crippen LogP contribution in [0.3, 0.4) is 0 Å². The number of carbonyl (C=O) groups is 3. The van der Waals surface area contributed by atoms with Gasteiger partial charge in [0.2, 0.25) is 0 Å². The third-order valence-corrected chi connectivity index (χ3v) is 3.98. The first-order chi connectivity index (χ1) is 14.1. The van der Waals surface area contributed by atoms with E-state index in [0.717, 1.165) is 30.3 Å². The summed E-state index contributed by atoms with van der Waals surface area (Å²) in [6.45, 7) is 0.538. The fourth-order valence-corrected chi connectivity index (χ4v) is 2.35. The van der Waals surface area contributed by atoms with Crippen molar-refractivity contribution in [3.05, 3.63) is 68.7 Å². The van der Waals surface area contributed by atoms with Crippen molar-refractivity contribution in [3.8, 4) is 0 Å². The Bertz CT molecular complexity index is 1020. The van der Waals surface area contributed by atoms with Gasteiger partial charge in [-0.3, -0.25) is 24.5 Å². The zero-order chi connectivity index (χ0) is 22.4. The normalized spacial score (nSPS) is 11.3. The third kappa shape index (κ3) is 5.95. The van der Waals surface area contributed by atoms with E-state index in [0.29, 0.717) is 0 Å². The van der Waals surface area contributed by atoms with Gasteiger partial charge in [-0.1, -0.05) is 11.6 Å². The fourth-order valence-electron chi connectivity index (χ4n) is 2.17. The van der Waals surface area contributed by atoms with Crippen molar-refractivity contribution in [2.24, 2.45) is 0 Å². The maximum absolute atomic E-state index is 13.5. The Hall–Kier alpha value is -3.60. The van der Waals surface area contributed by atoms with Crippen molar-refractivity contribution in [2.45, 2.75) is 13.0 Å². The standard InChI is InChI=1S/C18H14ClF2N3O6/c1-9(17(26)23-14-7-11(20)3-5-13(14)21)30-16(25)8-22-18(27)10-2-4-12(19)15(6-10)24(28)29/h2-7,9H,8H2,1H3,(H,22,27)(H,23,26). The van der Waals surface area contributed by atoms with E-state index < -0.39 is 58.4 Å². The SMILES string of the molecule is CC(OC(=O)CNC(=O)c1ccc(Cl)c([N+](=O)[O-])c1)C(=O)Nc1cc(F)ccc1F. The first-order valence-electron chi connectivity index (χ1n) is 8.26. The molecule has 0 aliphatic carbocycles. The Balaban J connectivity index is 1.90. The molecule has 2 aromatic rings. The van der Waals surface area contributed by atoms with E-state index in [1.54, 1.807) is 0 Å². The topological polar surface area (TPSA) is 128 Å². The summed E-state index contributed by atoms with van der Waals surface area (Å²) in [7, 11) is 0. The minimum absolute atomic E-state index is 0.119. The van der Waals surface area contributed by atoms with Crippen molar-refractivity contribution >= 4 is 40.8 Å². The molecule has 2 amide bonds. The van der Waals surface area contributed by atoms with Gasteiger partial charge in [0.05, 0.1) is 10.6 Å². The lowest BCUT2D eigenvalue weighted by Gasteiger charge is -2.14. The maximum atomic E-state index is 13.5. The van der Waals surface area contributed by atoms with E-state index in [1.807, 2.05) is 0 Å². The summed E-state index contributed by atoms with van der Waals surface area (Å²) in [5, 5.41) is 14.9. The number of hydrogen-bond acceptors (Lipinski definition) is 6. The molecule has 30 heavy (non-hydrogen) atoms. The average molecular weight is 442 g/mol. The zero-order valence-corrected chi connectivity index (χ0v) is 16.0. The van der Waals surface area contributed by atoms with Crippen molar-refractivity contribution in [3.63, 3.8) is 0 Å². The van der Waals surface area contributed by atoms with Gasteiger partial charge in [0, 0.05) is 17.7 Å². The Morgan fingerprint density at radius 2 is 1.90 bits per heavy atom. The number of nitro groups is 1. The van der Waals surface area contributed by atoms with Crippen molar-refractivity contribution in [1.82, 2.24) is 5.32 Å². The van der Waals surface area contributed by atoms with Crippen molar-refractivity contribution in [1.29, 1.82) is 0 Å². The van der Waals surface area contributed by atoms with Crippen molar-refractivity contribution < 1.29 is 32.8 Å². The number of anilines is 1. The Morgan fingerprint density at radius 3 is 2.57 bits per heavy atom. The molecule has 0 heterocycles. The van der Waals surface area contributed by atoms with Gasteiger partial charge in [0.1, 0.15) is 23.2 Å². The molecule has 2 N–H and O–H groups in total. The van der Waals surface area contributed by atoms with E-state index in [4.69, 9.17) is 16.3 Å². The number of nitrogens with one attached hydrogen (secondary N) is 2. The molecule has 0 radical (unpaired) electrons. The van der Waals surface area contributed by atoms with Gasteiger partial charge >= 0.3 is 5.97 Å². The molecule has 9 nitrogen and oxygen atoms in total. The van der Waals surface area contributed by atoms with Crippen LogP contribution >= 0.6 is 11.6 Å². The zero-order valence-electron chi connectivity index (χ0n) is 15.3. The third-order valence-electron chi connectivity index (χ3n) is 3.66. The van der Waals surface area contributed by atoms with Crippen LogP contribution in [0.1, 0.15) is 17.3 Å². The monoisotopic (exact) mass is 441 g/mol. The second-order valence-corrected chi connectivity index (χ2v) is 6.26. The van der Waals surface area contributed by atoms with Gasteiger partial charge in [-0.2, -0.15) is 0 Å². The molecule has 0 fully saturated rings. The van der Waals surface area contributed by atoms with E-state index in [9.17, 15) is 33.3 Å². The molecule has 1 unspecified atom stereocenters. The molecular formula is C18H14ClF2N3O6. The van der Waals surface area contributed by atoms with Crippen LogP contribution in [0.15, 0.2) is 36.4 Å².